The van der Waals surface area contributed by atoms with Crippen molar-refractivity contribution in [2.75, 3.05) is 0 Å². The van der Waals surface area contributed by atoms with Gasteiger partial charge in [0, 0.05) is 37.7 Å². The minimum atomic E-state index is -0.206. The Bertz CT molecular complexity index is 1110. The number of rotatable bonds is 4. The summed E-state index contributed by atoms with van der Waals surface area (Å²) in [5, 5.41) is 8.24. The molecular weight excluding hydrogens is 364 g/mol. The highest BCUT2D eigenvalue weighted by Gasteiger charge is 2.16. The summed E-state index contributed by atoms with van der Waals surface area (Å²) in [4.78, 5) is 25.6. The second kappa shape index (κ2) is 7.13. The number of pyridine rings is 3. The molecule has 8 heteroatoms. The predicted molar refractivity (Wildman–Crippen MR) is 102 cm³/mol. The van der Waals surface area contributed by atoms with E-state index in [0.29, 0.717) is 34.0 Å². The number of amides is 1. The number of hydrogen-bond acceptors (Lipinski definition) is 5. The molecule has 0 aliphatic rings. The van der Waals surface area contributed by atoms with Gasteiger partial charge < -0.3 is 5.32 Å². The van der Waals surface area contributed by atoms with Crippen LogP contribution in [0.3, 0.4) is 0 Å². The minimum absolute atomic E-state index is 0.206. The second-order valence-electron chi connectivity index (χ2n) is 5.97. The molecule has 0 radical (unpaired) electrons. The Labute approximate surface area is 160 Å². The monoisotopic (exact) mass is 378 g/mol. The summed E-state index contributed by atoms with van der Waals surface area (Å²) >= 11 is 5.87. The first kappa shape index (κ1) is 17.1. The zero-order valence-electron chi connectivity index (χ0n) is 14.4. The van der Waals surface area contributed by atoms with Gasteiger partial charge in [-0.2, -0.15) is 5.10 Å². The summed E-state index contributed by atoms with van der Waals surface area (Å²) in [7, 11) is 1.79. The van der Waals surface area contributed by atoms with Gasteiger partial charge >= 0.3 is 0 Å². The molecule has 4 aromatic heterocycles. The lowest BCUT2D eigenvalue weighted by molar-refractivity contribution is 0.0952. The lowest BCUT2D eigenvalue weighted by atomic mass is 10.1. The van der Waals surface area contributed by atoms with Crippen LogP contribution < -0.4 is 5.32 Å². The number of aryl methyl sites for hydroxylation is 1. The van der Waals surface area contributed by atoms with E-state index < -0.39 is 0 Å². The Morgan fingerprint density at radius 1 is 1.22 bits per heavy atom. The van der Waals surface area contributed by atoms with E-state index in [1.807, 2.05) is 18.2 Å². The summed E-state index contributed by atoms with van der Waals surface area (Å²) in [6.07, 6.45) is 6.69. The van der Waals surface area contributed by atoms with Crippen molar-refractivity contribution in [3.63, 3.8) is 0 Å². The van der Waals surface area contributed by atoms with Crippen LogP contribution in [0.15, 0.2) is 55.1 Å². The van der Waals surface area contributed by atoms with Crippen molar-refractivity contribution in [3.05, 3.63) is 71.4 Å². The summed E-state index contributed by atoms with van der Waals surface area (Å²) in [6.45, 7) is 0.384. The number of aromatic nitrogens is 5. The fourth-order valence-corrected chi connectivity index (χ4v) is 2.87. The van der Waals surface area contributed by atoms with Gasteiger partial charge in [-0.15, -0.1) is 0 Å². The predicted octanol–water partition coefficient (Wildman–Crippen LogP) is 3.01. The average Bonchev–Trinajstić information content (AvgIpc) is 3.08. The van der Waals surface area contributed by atoms with E-state index in [-0.39, 0.29) is 5.91 Å². The van der Waals surface area contributed by atoms with Crippen molar-refractivity contribution in [1.29, 1.82) is 0 Å². The lowest BCUT2D eigenvalue weighted by Gasteiger charge is -2.09. The van der Waals surface area contributed by atoms with Gasteiger partial charge in [-0.3, -0.25) is 14.5 Å². The van der Waals surface area contributed by atoms with E-state index in [4.69, 9.17) is 11.6 Å². The van der Waals surface area contributed by atoms with Crippen LogP contribution in [0.4, 0.5) is 0 Å². The molecule has 7 nitrogen and oxygen atoms in total. The van der Waals surface area contributed by atoms with Crippen LogP contribution in [-0.2, 0) is 13.6 Å². The Balaban J connectivity index is 1.72. The van der Waals surface area contributed by atoms with Gasteiger partial charge in [0.25, 0.3) is 5.91 Å². The number of carbonyl (C=O) groups is 1. The molecule has 0 aromatic carbocycles. The zero-order chi connectivity index (χ0) is 18.8. The molecule has 1 N–H and O–H groups in total. The van der Waals surface area contributed by atoms with Crippen LogP contribution in [0, 0.1) is 0 Å². The van der Waals surface area contributed by atoms with Crippen LogP contribution in [0.1, 0.15) is 15.9 Å². The summed E-state index contributed by atoms with van der Waals surface area (Å²) < 4.78 is 1.64. The van der Waals surface area contributed by atoms with Crippen molar-refractivity contribution in [3.8, 4) is 11.3 Å². The number of nitrogens with one attached hydrogen (secondary N) is 1. The van der Waals surface area contributed by atoms with Crippen molar-refractivity contribution in [1.82, 2.24) is 30.0 Å². The molecule has 134 valence electrons. The van der Waals surface area contributed by atoms with E-state index in [0.717, 1.165) is 11.1 Å². The Hall–Kier alpha value is -3.32. The molecule has 4 heterocycles. The first-order valence-corrected chi connectivity index (χ1v) is 8.61. The van der Waals surface area contributed by atoms with E-state index in [1.165, 1.54) is 0 Å². The first-order valence-electron chi connectivity index (χ1n) is 8.23. The van der Waals surface area contributed by atoms with Crippen molar-refractivity contribution in [2.24, 2.45) is 7.05 Å². The molecule has 0 saturated heterocycles. The summed E-state index contributed by atoms with van der Waals surface area (Å²) in [5.41, 5.74) is 3.44. The molecule has 0 spiro atoms. The Morgan fingerprint density at radius 2 is 2.11 bits per heavy atom. The van der Waals surface area contributed by atoms with Gasteiger partial charge in [-0.1, -0.05) is 17.7 Å². The summed E-state index contributed by atoms with van der Waals surface area (Å²) in [5.74, 6) is -0.206. The third kappa shape index (κ3) is 3.50. The quantitative estimate of drug-likeness (QED) is 0.552. The van der Waals surface area contributed by atoms with Gasteiger partial charge in [0.05, 0.1) is 22.8 Å². The van der Waals surface area contributed by atoms with Crippen molar-refractivity contribution >= 4 is 28.5 Å². The fraction of sp³-hybridized carbons (Fsp3) is 0.105. The lowest BCUT2D eigenvalue weighted by Crippen LogP contribution is -2.23. The molecule has 4 rings (SSSR count). The van der Waals surface area contributed by atoms with Crippen LogP contribution in [-0.4, -0.2) is 30.6 Å². The van der Waals surface area contributed by atoms with Crippen LogP contribution in [0.2, 0.25) is 5.15 Å². The van der Waals surface area contributed by atoms with E-state index in [2.05, 4.69) is 25.4 Å². The van der Waals surface area contributed by atoms with Gasteiger partial charge in [0.2, 0.25) is 0 Å². The maximum absolute atomic E-state index is 12.8. The SMILES string of the molecule is Cn1ncc2c(C(=O)NCc3cccnc3)cc(-c3ccc(Cl)nc3)nc21. The molecule has 0 fully saturated rings. The molecule has 4 aromatic rings. The van der Waals surface area contributed by atoms with Crippen LogP contribution in [0.25, 0.3) is 22.3 Å². The maximum atomic E-state index is 12.8. The van der Waals surface area contributed by atoms with Gasteiger partial charge in [0.1, 0.15) is 5.15 Å². The number of nitrogens with zero attached hydrogens (tertiary/aromatic N) is 5. The van der Waals surface area contributed by atoms with Crippen molar-refractivity contribution in [2.45, 2.75) is 6.54 Å². The fourth-order valence-electron chi connectivity index (χ4n) is 2.76. The third-order valence-electron chi connectivity index (χ3n) is 4.15. The molecule has 0 unspecified atom stereocenters. The molecule has 1 amide bonds. The second-order valence-corrected chi connectivity index (χ2v) is 6.36. The highest BCUT2D eigenvalue weighted by molar-refractivity contribution is 6.29. The van der Waals surface area contributed by atoms with Gasteiger partial charge in [-0.25, -0.2) is 9.97 Å². The number of halogens is 1. The average molecular weight is 379 g/mol. The standard InChI is InChI=1S/C19H15ClN6O/c1-26-18-15(11-24-26)14(19(27)23-9-12-3-2-6-21-8-12)7-16(25-18)13-4-5-17(20)22-10-13/h2-8,10-11H,9H2,1H3,(H,23,27). The number of hydrogen-bond donors (Lipinski definition) is 1. The first-order chi connectivity index (χ1) is 13.1. The number of carbonyl (C=O) groups excluding carboxylic acids is 1. The third-order valence-corrected chi connectivity index (χ3v) is 4.37. The zero-order valence-corrected chi connectivity index (χ0v) is 15.2. The molecule has 27 heavy (non-hydrogen) atoms. The van der Waals surface area contributed by atoms with Crippen molar-refractivity contribution < 1.29 is 4.79 Å². The largest absolute Gasteiger partial charge is 0.348 e. The van der Waals surface area contributed by atoms with E-state index in [1.54, 1.807) is 48.6 Å². The Kier molecular flexibility index (Phi) is 4.52. The van der Waals surface area contributed by atoms with Crippen LogP contribution in [0.5, 0.6) is 0 Å². The molecular formula is C19H15ClN6O. The molecule has 0 aliphatic heterocycles. The molecule has 0 saturated carbocycles. The highest BCUT2D eigenvalue weighted by Crippen LogP contribution is 2.25. The van der Waals surface area contributed by atoms with Gasteiger partial charge in [0.15, 0.2) is 5.65 Å². The molecule has 0 aliphatic carbocycles. The smallest absolute Gasteiger partial charge is 0.252 e. The minimum Gasteiger partial charge on any atom is -0.348 e. The van der Waals surface area contributed by atoms with E-state index in [9.17, 15) is 4.79 Å². The summed E-state index contributed by atoms with van der Waals surface area (Å²) in [6, 6.07) is 8.99. The number of fused-ring (bicyclic) bond motifs is 1. The van der Waals surface area contributed by atoms with Crippen LogP contribution >= 0.6 is 11.6 Å². The maximum Gasteiger partial charge on any atom is 0.252 e. The highest BCUT2D eigenvalue weighted by atomic mass is 35.5. The van der Waals surface area contributed by atoms with Gasteiger partial charge in [-0.05, 0) is 29.8 Å². The molecule has 0 atom stereocenters. The normalized spacial score (nSPS) is 10.9. The molecule has 0 bridgehead atoms. The van der Waals surface area contributed by atoms with E-state index >= 15 is 0 Å². The topological polar surface area (TPSA) is 85.6 Å². The Morgan fingerprint density at radius 3 is 2.85 bits per heavy atom.